The van der Waals surface area contributed by atoms with Crippen LogP contribution in [0.3, 0.4) is 0 Å². The summed E-state index contributed by atoms with van der Waals surface area (Å²) in [5, 5.41) is -0.107. The van der Waals surface area contributed by atoms with E-state index in [0.717, 1.165) is 18.8 Å². The van der Waals surface area contributed by atoms with Crippen LogP contribution < -0.4 is 0 Å². The first-order valence-corrected chi connectivity index (χ1v) is 8.31. The Morgan fingerprint density at radius 1 is 0.944 bits per heavy atom. The minimum absolute atomic E-state index is 0.107. The summed E-state index contributed by atoms with van der Waals surface area (Å²) in [5.74, 6) is 1.03. The Kier molecular flexibility index (Phi) is 8.75. The Bertz CT molecular complexity index is 219. The summed E-state index contributed by atoms with van der Waals surface area (Å²) in [6.07, 6.45) is 15.6. The van der Waals surface area contributed by atoms with Gasteiger partial charge in [-0.15, -0.1) is 0 Å². The topological polar surface area (TPSA) is 17.1 Å². The fourth-order valence-electron chi connectivity index (χ4n) is 3.07. The highest BCUT2D eigenvalue weighted by Gasteiger charge is 2.24. The van der Waals surface area contributed by atoms with Gasteiger partial charge in [0.25, 0.3) is 0 Å². The van der Waals surface area contributed by atoms with E-state index >= 15 is 0 Å². The molecule has 0 saturated heterocycles. The summed E-state index contributed by atoms with van der Waals surface area (Å²) in [6.45, 7) is 2.27. The molecule has 1 nitrogen and oxygen atoms in total. The smallest absolute Gasteiger partial charge is 0.224 e. The van der Waals surface area contributed by atoms with Crippen LogP contribution in [-0.4, -0.2) is 5.24 Å². The van der Waals surface area contributed by atoms with Crippen LogP contribution in [0.25, 0.3) is 0 Å². The molecule has 0 atom stereocenters. The number of carbonyl (C=O) groups is 1. The molecule has 0 radical (unpaired) electrons. The van der Waals surface area contributed by atoms with Crippen molar-refractivity contribution >= 4 is 16.8 Å². The maximum atomic E-state index is 11.1. The Labute approximate surface area is 118 Å². The predicted molar refractivity (Wildman–Crippen MR) is 78.9 cm³/mol. The third-order valence-electron chi connectivity index (χ3n) is 4.38. The van der Waals surface area contributed by atoms with Crippen LogP contribution in [0.4, 0.5) is 0 Å². The van der Waals surface area contributed by atoms with Gasteiger partial charge in [0, 0.05) is 5.92 Å². The molecule has 0 N–H and O–H groups in total. The Balaban J connectivity index is 1.93. The quantitative estimate of drug-likeness (QED) is 0.389. The van der Waals surface area contributed by atoms with Gasteiger partial charge in [0.15, 0.2) is 0 Å². The molecule has 0 aromatic rings. The maximum absolute atomic E-state index is 11.1. The molecule has 0 amide bonds. The van der Waals surface area contributed by atoms with Crippen molar-refractivity contribution in [2.45, 2.75) is 84.0 Å². The average Bonchev–Trinajstić information content (AvgIpc) is 2.38. The normalized spacial score (nSPS) is 24.1. The van der Waals surface area contributed by atoms with Gasteiger partial charge in [0.1, 0.15) is 0 Å². The van der Waals surface area contributed by atoms with E-state index in [1.807, 2.05) is 0 Å². The van der Waals surface area contributed by atoms with Crippen LogP contribution in [0.2, 0.25) is 0 Å². The van der Waals surface area contributed by atoms with Gasteiger partial charge in [0.2, 0.25) is 5.24 Å². The van der Waals surface area contributed by atoms with Crippen molar-refractivity contribution in [1.82, 2.24) is 0 Å². The molecule has 0 aromatic carbocycles. The Morgan fingerprint density at radius 2 is 1.50 bits per heavy atom. The molecule has 0 aliphatic heterocycles. The molecule has 0 aromatic heterocycles. The molecule has 0 bridgehead atoms. The average molecular weight is 273 g/mol. The summed E-state index contributed by atoms with van der Waals surface area (Å²) in [7, 11) is 0. The number of halogens is 1. The molecule has 0 heterocycles. The Morgan fingerprint density at radius 3 is 2.06 bits per heavy atom. The fraction of sp³-hybridized carbons (Fsp3) is 0.938. The number of hydrogen-bond acceptors (Lipinski definition) is 1. The van der Waals surface area contributed by atoms with Crippen molar-refractivity contribution in [3.8, 4) is 0 Å². The first-order chi connectivity index (χ1) is 8.74. The first-order valence-electron chi connectivity index (χ1n) is 7.93. The number of carbonyl (C=O) groups excluding carboxylic acids is 1. The highest BCUT2D eigenvalue weighted by atomic mass is 35.5. The summed E-state index contributed by atoms with van der Waals surface area (Å²) < 4.78 is 0. The summed E-state index contributed by atoms with van der Waals surface area (Å²) in [5.41, 5.74) is 0. The van der Waals surface area contributed by atoms with Crippen molar-refractivity contribution in [2.24, 2.45) is 11.8 Å². The fourth-order valence-corrected chi connectivity index (χ4v) is 3.29. The second-order valence-electron chi connectivity index (χ2n) is 5.93. The zero-order chi connectivity index (χ0) is 13.2. The van der Waals surface area contributed by atoms with Gasteiger partial charge >= 0.3 is 0 Å². The second-order valence-corrected chi connectivity index (χ2v) is 6.30. The van der Waals surface area contributed by atoms with Gasteiger partial charge in [-0.1, -0.05) is 58.3 Å². The first kappa shape index (κ1) is 16.0. The summed E-state index contributed by atoms with van der Waals surface area (Å²) in [4.78, 5) is 11.1. The van der Waals surface area contributed by atoms with Gasteiger partial charge < -0.3 is 0 Å². The third-order valence-corrected chi connectivity index (χ3v) is 4.69. The standard InChI is InChI=1S/C16H29ClO/c1-2-3-4-5-6-7-8-9-14-10-12-15(13-11-14)16(17)18/h14-15H,2-13H2,1H3/t14-,15-. The van der Waals surface area contributed by atoms with Crippen molar-refractivity contribution in [1.29, 1.82) is 0 Å². The molecule has 1 saturated carbocycles. The van der Waals surface area contributed by atoms with E-state index in [4.69, 9.17) is 11.6 Å². The summed E-state index contributed by atoms with van der Waals surface area (Å²) >= 11 is 5.55. The molecule has 0 unspecified atom stereocenters. The minimum atomic E-state index is -0.107. The molecular formula is C16H29ClO. The molecule has 2 heteroatoms. The van der Waals surface area contributed by atoms with Gasteiger partial charge in [-0.05, 0) is 43.2 Å². The van der Waals surface area contributed by atoms with Crippen LogP contribution in [0.5, 0.6) is 0 Å². The van der Waals surface area contributed by atoms with Crippen molar-refractivity contribution < 1.29 is 4.79 Å². The van der Waals surface area contributed by atoms with Crippen molar-refractivity contribution in [3.63, 3.8) is 0 Å². The van der Waals surface area contributed by atoms with Crippen molar-refractivity contribution in [2.75, 3.05) is 0 Å². The largest absolute Gasteiger partial charge is 0.281 e. The summed E-state index contributed by atoms with van der Waals surface area (Å²) in [6, 6.07) is 0. The van der Waals surface area contributed by atoms with E-state index in [2.05, 4.69) is 6.92 Å². The van der Waals surface area contributed by atoms with E-state index in [9.17, 15) is 4.79 Å². The maximum Gasteiger partial charge on any atom is 0.224 e. The monoisotopic (exact) mass is 272 g/mol. The molecule has 106 valence electrons. The van der Waals surface area contributed by atoms with Crippen LogP contribution in [0, 0.1) is 11.8 Å². The molecule has 1 fully saturated rings. The molecule has 1 rings (SSSR count). The minimum Gasteiger partial charge on any atom is -0.281 e. The molecule has 18 heavy (non-hydrogen) atoms. The van der Waals surface area contributed by atoms with E-state index in [0.29, 0.717) is 0 Å². The lowest BCUT2D eigenvalue weighted by Gasteiger charge is -2.26. The lowest BCUT2D eigenvalue weighted by molar-refractivity contribution is -0.116. The third kappa shape index (κ3) is 6.78. The SMILES string of the molecule is CCCCCCCCC[C@H]1CC[C@H](C(=O)Cl)CC1. The van der Waals surface area contributed by atoms with Crippen LogP contribution in [0.1, 0.15) is 84.0 Å². The van der Waals surface area contributed by atoms with E-state index in [1.54, 1.807) is 0 Å². The molecule has 1 aliphatic rings. The predicted octanol–water partition coefficient (Wildman–Crippen LogP) is 5.70. The van der Waals surface area contributed by atoms with E-state index in [1.165, 1.54) is 64.2 Å². The lowest BCUT2D eigenvalue weighted by Crippen LogP contribution is -2.18. The zero-order valence-electron chi connectivity index (χ0n) is 11.9. The highest BCUT2D eigenvalue weighted by molar-refractivity contribution is 6.63. The molecule has 0 spiro atoms. The molecular weight excluding hydrogens is 244 g/mol. The zero-order valence-corrected chi connectivity index (χ0v) is 12.7. The molecule has 1 aliphatic carbocycles. The van der Waals surface area contributed by atoms with Crippen LogP contribution in [0.15, 0.2) is 0 Å². The second kappa shape index (κ2) is 9.83. The Hall–Kier alpha value is -0.0400. The number of rotatable bonds is 9. The number of hydrogen-bond donors (Lipinski definition) is 0. The van der Waals surface area contributed by atoms with Crippen LogP contribution in [-0.2, 0) is 4.79 Å². The van der Waals surface area contributed by atoms with E-state index in [-0.39, 0.29) is 11.2 Å². The van der Waals surface area contributed by atoms with Gasteiger partial charge in [-0.25, -0.2) is 0 Å². The van der Waals surface area contributed by atoms with Crippen LogP contribution >= 0.6 is 11.6 Å². The highest BCUT2D eigenvalue weighted by Crippen LogP contribution is 2.33. The van der Waals surface area contributed by atoms with Gasteiger partial charge in [0.05, 0.1) is 0 Å². The van der Waals surface area contributed by atoms with E-state index < -0.39 is 0 Å². The number of unbranched alkanes of at least 4 members (excludes halogenated alkanes) is 6. The van der Waals surface area contributed by atoms with Gasteiger partial charge in [-0.2, -0.15) is 0 Å². The van der Waals surface area contributed by atoms with Crippen molar-refractivity contribution in [3.05, 3.63) is 0 Å². The van der Waals surface area contributed by atoms with Gasteiger partial charge in [-0.3, -0.25) is 4.79 Å². The lowest BCUT2D eigenvalue weighted by atomic mass is 9.80.